The van der Waals surface area contributed by atoms with Gasteiger partial charge in [-0.05, 0) is 56.4 Å². The highest BCUT2D eigenvalue weighted by molar-refractivity contribution is 5.97. The van der Waals surface area contributed by atoms with Crippen molar-refractivity contribution in [2.75, 3.05) is 0 Å². The SMILES string of the molecule is Cc1cc(C)cc(-n2ncc3c2CCCC3NC(=O)CCC(=O)c2ccccc2)c1. The number of nitrogens with one attached hydrogen (secondary N) is 1. The van der Waals surface area contributed by atoms with Gasteiger partial charge in [-0.2, -0.15) is 5.10 Å². The fourth-order valence-corrected chi connectivity index (χ4v) is 4.26. The van der Waals surface area contributed by atoms with Gasteiger partial charge in [-0.3, -0.25) is 9.59 Å². The van der Waals surface area contributed by atoms with Crippen molar-refractivity contribution in [3.05, 3.63) is 82.7 Å². The summed E-state index contributed by atoms with van der Waals surface area (Å²) in [7, 11) is 0. The van der Waals surface area contributed by atoms with Gasteiger partial charge >= 0.3 is 0 Å². The molecule has 1 atom stereocenters. The lowest BCUT2D eigenvalue weighted by Gasteiger charge is -2.24. The summed E-state index contributed by atoms with van der Waals surface area (Å²) in [5, 5.41) is 7.76. The number of aryl methyl sites for hydroxylation is 2. The molecule has 1 unspecified atom stereocenters. The lowest BCUT2D eigenvalue weighted by molar-refractivity contribution is -0.121. The van der Waals surface area contributed by atoms with E-state index in [1.54, 1.807) is 12.1 Å². The van der Waals surface area contributed by atoms with Crippen LogP contribution in [0, 0.1) is 13.8 Å². The largest absolute Gasteiger partial charge is 0.349 e. The van der Waals surface area contributed by atoms with Crippen molar-refractivity contribution >= 4 is 11.7 Å². The summed E-state index contributed by atoms with van der Waals surface area (Å²) < 4.78 is 2.01. The molecule has 0 bridgehead atoms. The Bertz CT molecular complexity index is 1050. The van der Waals surface area contributed by atoms with Crippen LogP contribution in [0.2, 0.25) is 0 Å². The summed E-state index contributed by atoms with van der Waals surface area (Å²) >= 11 is 0. The van der Waals surface area contributed by atoms with E-state index in [-0.39, 0.29) is 30.6 Å². The Hall–Kier alpha value is -3.21. The number of aromatic nitrogens is 2. The molecule has 30 heavy (non-hydrogen) atoms. The number of hydrogen-bond acceptors (Lipinski definition) is 3. The molecule has 4 rings (SSSR count). The van der Waals surface area contributed by atoms with E-state index in [9.17, 15) is 9.59 Å². The van der Waals surface area contributed by atoms with Gasteiger partial charge in [-0.15, -0.1) is 0 Å². The molecule has 1 aliphatic rings. The first-order chi connectivity index (χ1) is 14.5. The molecule has 0 radical (unpaired) electrons. The summed E-state index contributed by atoms with van der Waals surface area (Å²) in [5.74, 6) is -0.0889. The molecule has 1 aliphatic carbocycles. The van der Waals surface area contributed by atoms with E-state index in [0.717, 1.165) is 36.2 Å². The quantitative estimate of drug-likeness (QED) is 0.612. The molecule has 5 heteroatoms. The van der Waals surface area contributed by atoms with Crippen LogP contribution < -0.4 is 5.32 Å². The Labute approximate surface area is 177 Å². The average molecular weight is 402 g/mol. The van der Waals surface area contributed by atoms with Crippen LogP contribution in [0.25, 0.3) is 5.69 Å². The minimum atomic E-state index is -0.0868. The Morgan fingerprint density at radius 2 is 1.80 bits per heavy atom. The Morgan fingerprint density at radius 1 is 1.07 bits per heavy atom. The summed E-state index contributed by atoms with van der Waals surface area (Å²) in [5.41, 5.74) is 6.38. The lowest BCUT2D eigenvalue weighted by Crippen LogP contribution is -2.31. The molecular formula is C25H27N3O2. The minimum absolute atomic E-state index is 0.00211. The van der Waals surface area contributed by atoms with Crippen molar-refractivity contribution in [2.24, 2.45) is 0 Å². The Kier molecular flexibility index (Phi) is 5.79. The van der Waals surface area contributed by atoms with Gasteiger partial charge < -0.3 is 5.32 Å². The highest BCUT2D eigenvalue weighted by Gasteiger charge is 2.26. The second-order valence-electron chi connectivity index (χ2n) is 8.11. The van der Waals surface area contributed by atoms with Crippen molar-refractivity contribution in [3.63, 3.8) is 0 Å². The van der Waals surface area contributed by atoms with Crippen LogP contribution >= 0.6 is 0 Å². The summed E-state index contributed by atoms with van der Waals surface area (Å²) in [6, 6.07) is 15.5. The number of carbonyl (C=O) groups excluding carboxylic acids is 2. The zero-order chi connectivity index (χ0) is 21.1. The summed E-state index contributed by atoms with van der Waals surface area (Å²) in [4.78, 5) is 24.8. The van der Waals surface area contributed by atoms with Crippen LogP contribution in [0.4, 0.5) is 0 Å². The third kappa shape index (κ3) is 4.35. The molecule has 1 amide bonds. The molecule has 1 aromatic heterocycles. The van der Waals surface area contributed by atoms with Gasteiger partial charge in [0.2, 0.25) is 5.91 Å². The van der Waals surface area contributed by atoms with Crippen LogP contribution in [0.1, 0.15) is 64.5 Å². The van der Waals surface area contributed by atoms with Crippen molar-refractivity contribution in [2.45, 2.75) is 52.0 Å². The predicted octanol–water partition coefficient (Wildman–Crippen LogP) is 4.65. The van der Waals surface area contributed by atoms with Crippen LogP contribution in [-0.4, -0.2) is 21.5 Å². The van der Waals surface area contributed by atoms with E-state index in [1.165, 1.54) is 11.1 Å². The van der Waals surface area contributed by atoms with Crippen LogP contribution in [-0.2, 0) is 11.2 Å². The number of carbonyl (C=O) groups is 2. The van der Waals surface area contributed by atoms with E-state index in [0.29, 0.717) is 5.56 Å². The van der Waals surface area contributed by atoms with Crippen molar-refractivity contribution in [3.8, 4) is 5.69 Å². The number of rotatable bonds is 6. The molecule has 0 saturated heterocycles. The molecule has 154 valence electrons. The fourth-order valence-electron chi connectivity index (χ4n) is 4.26. The molecule has 5 nitrogen and oxygen atoms in total. The molecular weight excluding hydrogens is 374 g/mol. The molecule has 0 saturated carbocycles. The number of benzene rings is 2. The number of amides is 1. The lowest BCUT2D eigenvalue weighted by atomic mass is 9.92. The summed E-state index contributed by atoms with van der Waals surface area (Å²) in [6.45, 7) is 4.18. The molecule has 1 N–H and O–H groups in total. The average Bonchev–Trinajstić information content (AvgIpc) is 3.17. The smallest absolute Gasteiger partial charge is 0.220 e. The predicted molar refractivity (Wildman–Crippen MR) is 117 cm³/mol. The molecule has 1 heterocycles. The van der Waals surface area contributed by atoms with Crippen LogP contribution in [0.5, 0.6) is 0 Å². The summed E-state index contributed by atoms with van der Waals surface area (Å²) in [6.07, 6.45) is 5.14. The zero-order valence-corrected chi connectivity index (χ0v) is 17.5. The van der Waals surface area contributed by atoms with Gasteiger partial charge in [0.25, 0.3) is 0 Å². The first kappa shape index (κ1) is 20.1. The maximum Gasteiger partial charge on any atom is 0.220 e. The van der Waals surface area contributed by atoms with Gasteiger partial charge in [-0.25, -0.2) is 4.68 Å². The number of fused-ring (bicyclic) bond motifs is 1. The van der Waals surface area contributed by atoms with E-state index >= 15 is 0 Å². The molecule has 0 spiro atoms. The topological polar surface area (TPSA) is 64.0 Å². The van der Waals surface area contributed by atoms with Crippen LogP contribution in [0.3, 0.4) is 0 Å². The first-order valence-corrected chi connectivity index (χ1v) is 10.5. The van der Waals surface area contributed by atoms with Crippen LogP contribution in [0.15, 0.2) is 54.7 Å². The maximum absolute atomic E-state index is 12.5. The molecule has 2 aromatic carbocycles. The van der Waals surface area contributed by atoms with Gasteiger partial charge in [0.05, 0.1) is 17.9 Å². The van der Waals surface area contributed by atoms with E-state index < -0.39 is 0 Å². The number of Topliss-reactive ketones (excluding diaryl/α,β-unsaturated/α-hetero) is 1. The van der Waals surface area contributed by atoms with Gasteiger partial charge in [0.15, 0.2) is 5.78 Å². The van der Waals surface area contributed by atoms with E-state index in [2.05, 4.69) is 42.5 Å². The zero-order valence-electron chi connectivity index (χ0n) is 17.5. The second kappa shape index (κ2) is 8.66. The van der Waals surface area contributed by atoms with Gasteiger partial charge in [0, 0.05) is 29.7 Å². The first-order valence-electron chi connectivity index (χ1n) is 10.5. The number of hydrogen-bond donors (Lipinski definition) is 1. The normalized spacial score (nSPS) is 15.5. The Balaban J connectivity index is 1.44. The standard InChI is InChI=1S/C25H27N3O2/c1-17-13-18(2)15-20(14-17)28-23-10-6-9-22(21(23)16-26-28)27-25(30)12-11-24(29)19-7-4-3-5-8-19/h3-5,7-8,13-16,22H,6,9-12H2,1-2H3,(H,27,30). The molecule has 0 fully saturated rings. The number of nitrogens with zero attached hydrogens (tertiary/aromatic N) is 2. The molecule has 3 aromatic rings. The van der Waals surface area contributed by atoms with E-state index in [4.69, 9.17) is 0 Å². The molecule has 0 aliphatic heterocycles. The highest BCUT2D eigenvalue weighted by atomic mass is 16.2. The highest BCUT2D eigenvalue weighted by Crippen LogP contribution is 2.31. The van der Waals surface area contributed by atoms with Gasteiger partial charge in [-0.1, -0.05) is 36.4 Å². The third-order valence-corrected chi connectivity index (χ3v) is 5.64. The Morgan fingerprint density at radius 3 is 2.53 bits per heavy atom. The second-order valence-corrected chi connectivity index (χ2v) is 8.11. The van der Waals surface area contributed by atoms with Crippen molar-refractivity contribution < 1.29 is 9.59 Å². The van der Waals surface area contributed by atoms with Gasteiger partial charge in [0.1, 0.15) is 0 Å². The van der Waals surface area contributed by atoms with E-state index in [1.807, 2.05) is 29.1 Å². The minimum Gasteiger partial charge on any atom is -0.349 e. The maximum atomic E-state index is 12.5. The van der Waals surface area contributed by atoms with Crippen molar-refractivity contribution in [1.82, 2.24) is 15.1 Å². The number of ketones is 1. The van der Waals surface area contributed by atoms with Crippen molar-refractivity contribution in [1.29, 1.82) is 0 Å². The fraction of sp³-hybridized carbons (Fsp3) is 0.320. The third-order valence-electron chi connectivity index (χ3n) is 5.64. The monoisotopic (exact) mass is 401 g/mol.